The van der Waals surface area contributed by atoms with Crippen molar-refractivity contribution in [2.75, 3.05) is 78.5 Å². The molecular formula is C28H48N8O12. The molecule has 0 saturated carbocycles. The molecule has 0 aromatic heterocycles. The van der Waals surface area contributed by atoms with Crippen LogP contribution in [0.4, 0.5) is 0 Å². The first-order chi connectivity index (χ1) is 22.4. The van der Waals surface area contributed by atoms with E-state index in [-0.39, 0.29) is 52.4 Å². The van der Waals surface area contributed by atoms with Crippen LogP contribution in [0.25, 0.3) is 0 Å². The Bertz CT molecular complexity index is 979. The number of hydrogen-bond acceptors (Lipinski definition) is 12. The molecule has 48 heavy (non-hydrogen) atoms. The van der Waals surface area contributed by atoms with E-state index in [0.717, 1.165) is 0 Å². The third kappa shape index (κ3) is 15.0. The number of aliphatic carboxylic acids is 4. The summed E-state index contributed by atoms with van der Waals surface area (Å²) in [6.45, 7) is 5.20. The minimum atomic E-state index is -1.24. The van der Waals surface area contributed by atoms with Crippen LogP contribution in [0.2, 0.25) is 0 Å². The topological polar surface area (TPSA) is 279 Å². The molecule has 0 radical (unpaired) electrons. The highest BCUT2D eigenvalue weighted by Crippen LogP contribution is 2.11. The standard InChI is InChI=1S/C28H48N8O12/c1-17(25(45)29-13-21(37)38)33-5-7-34(18(2)26(46)30-14-22(39)40)9-11-36(20(4)28(48)32-16-24(43)44)12-10-35(8-6-33)19(3)27(47)31-15-23(41)42/h17-20H,5-16H2,1-4H3,(H,29,45)(H,30,46)(H,31,47)(H,32,48)(H,37,38)(H,39,40)(H,41,42)(H,43,44)/t17-,18-,19-,20-/m0/s1. The number of amides is 4. The smallest absolute Gasteiger partial charge is 0.322 e. The summed E-state index contributed by atoms with van der Waals surface area (Å²) >= 11 is 0. The van der Waals surface area contributed by atoms with Gasteiger partial charge in [0.25, 0.3) is 0 Å². The van der Waals surface area contributed by atoms with Crippen LogP contribution in [0.15, 0.2) is 0 Å². The van der Waals surface area contributed by atoms with Crippen LogP contribution in [-0.2, 0) is 38.4 Å². The number of nitrogens with zero attached hydrogens (tertiary/aromatic N) is 4. The van der Waals surface area contributed by atoms with Gasteiger partial charge in [0.15, 0.2) is 0 Å². The summed E-state index contributed by atoms with van der Waals surface area (Å²) in [6, 6.07) is -3.40. The van der Waals surface area contributed by atoms with Gasteiger partial charge in [-0.25, -0.2) is 0 Å². The second kappa shape index (κ2) is 20.8. The third-order valence-corrected chi connectivity index (χ3v) is 8.06. The monoisotopic (exact) mass is 688 g/mol. The summed E-state index contributed by atoms with van der Waals surface area (Å²) in [7, 11) is 0. The van der Waals surface area contributed by atoms with Crippen LogP contribution in [0, 0.1) is 0 Å². The molecular weight excluding hydrogens is 640 g/mol. The third-order valence-electron chi connectivity index (χ3n) is 8.06. The number of nitrogens with one attached hydrogen (secondary N) is 4. The number of carbonyl (C=O) groups is 8. The molecule has 4 atom stereocenters. The summed E-state index contributed by atoms with van der Waals surface area (Å²) in [5, 5.41) is 45.4. The maximum absolute atomic E-state index is 12.9. The Morgan fingerprint density at radius 1 is 0.396 bits per heavy atom. The van der Waals surface area contributed by atoms with Gasteiger partial charge >= 0.3 is 23.9 Å². The molecule has 4 amide bonds. The zero-order chi connectivity index (χ0) is 36.6. The summed E-state index contributed by atoms with van der Waals surface area (Å²) in [5.41, 5.74) is 0. The fourth-order valence-corrected chi connectivity index (χ4v) is 4.93. The lowest BCUT2D eigenvalue weighted by atomic mass is 10.1. The largest absolute Gasteiger partial charge is 0.480 e. The fourth-order valence-electron chi connectivity index (χ4n) is 4.93. The molecule has 1 aliphatic rings. The average Bonchev–Trinajstić information content (AvgIpc) is 3.02. The number of carboxylic acid groups (broad SMARTS) is 4. The molecule has 20 nitrogen and oxygen atoms in total. The number of carboxylic acids is 4. The van der Waals surface area contributed by atoms with Crippen LogP contribution < -0.4 is 21.3 Å². The Morgan fingerprint density at radius 2 is 0.542 bits per heavy atom. The van der Waals surface area contributed by atoms with Crippen molar-refractivity contribution in [1.82, 2.24) is 40.9 Å². The van der Waals surface area contributed by atoms with Crippen LogP contribution >= 0.6 is 0 Å². The van der Waals surface area contributed by atoms with E-state index in [9.17, 15) is 38.4 Å². The Kier molecular flexibility index (Phi) is 18.0. The molecule has 0 spiro atoms. The van der Waals surface area contributed by atoms with Crippen molar-refractivity contribution in [2.24, 2.45) is 0 Å². The van der Waals surface area contributed by atoms with Gasteiger partial charge in [0, 0.05) is 52.4 Å². The van der Waals surface area contributed by atoms with Crippen molar-refractivity contribution in [3.8, 4) is 0 Å². The van der Waals surface area contributed by atoms with Crippen molar-refractivity contribution >= 4 is 47.5 Å². The van der Waals surface area contributed by atoms with Gasteiger partial charge in [-0.1, -0.05) is 0 Å². The lowest BCUT2D eigenvalue weighted by Crippen LogP contribution is -2.58. The van der Waals surface area contributed by atoms with E-state index in [4.69, 9.17) is 20.4 Å². The van der Waals surface area contributed by atoms with E-state index in [0.29, 0.717) is 0 Å². The molecule has 20 heteroatoms. The Balaban J connectivity index is 3.45. The molecule has 0 aromatic carbocycles. The number of rotatable bonds is 16. The molecule has 1 rings (SSSR count). The van der Waals surface area contributed by atoms with Gasteiger partial charge in [-0.15, -0.1) is 0 Å². The lowest BCUT2D eigenvalue weighted by molar-refractivity contribution is -0.139. The predicted octanol–water partition coefficient (Wildman–Crippen LogP) is -4.43. The molecule has 0 unspecified atom stereocenters. The highest BCUT2D eigenvalue weighted by atomic mass is 16.4. The molecule has 0 aromatic rings. The normalized spacial score (nSPS) is 18.4. The summed E-state index contributed by atoms with van der Waals surface area (Å²) in [5.74, 6) is -7.24. The molecule has 0 bridgehead atoms. The molecule has 1 aliphatic heterocycles. The van der Waals surface area contributed by atoms with Crippen LogP contribution in [-0.4, -0.2) is 190 Å². The number of hydrogen-bond donors (Lipinski definition) is 8. The van der Waals surface area contributed by atoms with Gasteiger partial charge in [-0.3, -0.25) is 58.0 Å². The molecule has 0 aliphatic carbocycles. The van der Waals surface area contributed by atoms with Crippen molar-refractivity contribution < 1.29 is 58.8 Å². The van der Waals surface area contributed by atoms with Crippen molar-refractivity contribution in [1.29, 1.82) is 0 Å². The van der Waals surface area contributed by atoms with Crippen LogP contribution in [0.1, 0.15) is 27.7 Å². The predicted molar refractivity (Wildman–Crippen MR) is 167 cm³/mol. The van der Waals surface area contributed by atoms with E-state index in [2.05, 4.69) is 21.3 Å². The zero-order valence-electron chi connectivity index (χ0n) is 27.6. The van der Waals surface area contributed by atoms with Gasteiger partial charge in [0.1, 0.15) is 26.2 Å². The van der Waals surface area contributed by atoms with E-state index < -0.39 is 97.9 Å². The molecule has 1 fully saturated rings. The minimum absolute atomic E-state index is 0.167. The van der Waals surface area contributed by atoms with Crippen molar-refractivity contribution in [2.45, 2.75) is 51.9 Å². The average molecular weight is 689 g/mol. The fraction of sp³-hybridized carbons (Fsp3) is 0.714. The summed E-state index contributed by atoms with van der Waals surface area (Å²) in [4.78, 5) is 103. The number of carbonyl (C=O) groups excluding carboxylic acids is 4. The van der Waals surface area contributed by atoms with Crippen molar-refractivity contribution in [3.05, 3.63) is 0 Å². The Morgan fingerprint density at radius 3 is 0.667 bits per heavy atom. The summed E-state index contributed by atoms with van der Waals surface area (Å²) < 4.78 is 0. The van der Waals surface area contributed by atoms with Crippen LogP contribution in [0.3, 0.4) is 0 Å². The van der Waals surface area contributed by atoms with E-state index >= 15 is 0 Å². The van der Waals surface area contributed by atoms with Crippen molar-refractivity contribution in [3.63, 3.8) is 0 Å². The van der Waals surface area contributed by atoms with Gasteiger partial charge in [0.2, 0.25) is 23.6 Å². The minimum Gasteiger partial charge on any atom is -0.480 e. The maximum Gasteiger partial charge on any atom is 0.322 e. The second-order valence-corrected chi connectivity index (χ2v) is 11.3. The summed E-state index contributed by atoms with van der Waals surface area (Å²) in [6.07, 6.45) is 0. The molecule has 1 saturated heterocycles. The first-order valence-electron chi connectivity index (χ1n) is 15.4. The molecule has 8 N–H and O–H groups in total. The maximum atomic E-state index is 12.9. The van der Waals surface area contributed by atoms with Gasteiger partial charge in [-0.05, 0) is 27.7 Å². The second-order valence-electron chi connectivity index (χ2n) is 11.3. The van der Waals surface area contributed by atoms with E-state index in [1.54, 1.807) is 47.3 Å². The highest BCUT2D eigenvalue weighted by Gasteiger charge is 2.31. The van der Waals surface area contributed by atoms with E-state index in [1.807, 2.05) is 0 Å². The quantitative estimate of drug-likeness (QED) is 0.0759. The van der Waals surface area contributed by atoms with Gasteiger partial charge in [-0.2, -0.15) is 0 Å². The molecule has 1 heterocycles. The zero-order valence-corrected chi connectivity index (χ0v) is 27.6. The first-order valence-corrected chi connectivity index (χ1v) is 15.4. The van der Waals surface area contributed by atoms with Crippen LogP contribution in [0.5, 0.6) is 0 Å². The Hall–Kier alpha value is -4.40. The van der Waals surface area contributed by atoms with Gasteiger partial charge < -0.3 is 41.7 Å². The molecule has 272 valence electrons. The highest BCUT2D eigenvalue weighted by molar-refractivity contribution is 5.86. The van der Waals surface area contributed by atoms with E-state index in [1.165, 1.54) is 0 Å². The lowest BCUT2D eigenvalue weighted by Gasteiger charge is -2.39. The Labute approximate surface area is 277 Å². The first kappa shape index (κ1) is 41.6. The SMILES string of the molecule is C[C@@H](C(=O)NCC(=O)O)N1CCN([C@@H](C)C(=O)NCC(=O)O)CCN([C@@H](C)C(=O)NCC(=O)O)CCN([C@@H](C)C(=O)NCC(=O)O)CC1. The van der Waals surface area contributed by atoms with Gasteiger partial charge in [0.05, 0.1) is 24.2 Å².